The van der Waals surface area contributed by atoms with Crippen LogP contribution in [-0.4, -0.2) is 32.4 Å². The normalized spacial score (nSPS) is 13.9. The fourth-order valence-electron chi connectivity index (χ4n) is 3.83. The lowest BCUT2D eigenvalue weighted by atomic mass is 10.1. The molecule has 0 saturated carbocycles. The molecule has 0 aliphatic carbocycles. The lowest BCUT2D eigenvalue weighted by molar-refractivity contribution is -0.133. The highest BCUT2D eigenvalue weighted by Crippen LogP contribution is 2.28. The third-order valence-electron chi connectivity index (χ3n) is 5.63. The van der Waals surface area contributed by atoms with E-state index in [1.54, 1.807) is 47.4 Å². The first kappa shape index (κ1) is 24.3. The second-order valence-electron chi connectivity index (χ2n) is 8.01. The number of anilines is 1. The van der Waals surface area contributed by atoms with Gasteiger partial charge in [-0.3, -0.25) is 9.52 Å². The summed E-state index contributed by atoms with van der Waals surface area (Å²) in [5.41, 5.74) is 9.16. The molecular formula is C24H23Cl2N3O4S. The fourth-order valence-corrected chi connectivity index (χ4v) is 5.36. The number of hydrogen-bond acceptors (Lipinski definition) is 5. The zero-order chi connectivity index (χ0) is 24.5. The van der Waals surface area contributed by atoms with Crippen molar-refractivity contribution in [2.75, 3.05) is 11.8 Å². The Morgan fingerprint density at radius 3 is 2.44 bits per heavy atom. The van der Waals surface area contributed by atoms with E-state index in [4.69, 9.17) is 33.7 Å². The number of fused-ring (bicyclic) bond motifs is 1. The number of nitrogens with two attached hydrogens (primary N) is 1. The minimum atomic E-state index is -3.77. The molecule has 3 aromatic rings. The molecule has 34 heavy (non-hydrogen) atoms. The number of nitrogens with one attached hydrogen (secondary N) is 1. The van der Waals surface area contributed by atoms with Crippen LogP contribution >= 0.6 is 23.2 Å². The molecule has 1 amide bonds. The smallest absolute Gasteiger partial charge is 0.261 e. The number of halogens is 2. The summed E-state index contributed by atoms with van der Waals surface area (Å²) in [4.78, 5) is 14.7. The van der Waals surface area contributed by atoms with Crippen LogP contribution in [0.4, 0.5) is 5.69 Å². The van der Waals surface area contributed by atoms with Crippen LogP contribution in [0, 0.1) is 0 Å². The van der Waals surface area contributed by atoms with Gasteiger partial charge >= 0.3 is 0 Å². The Bertz CT molecular complexity index is 1330. The third-order valence-corrected chi connectivity index (χ3v) is 7.62. The van der Waals surface area contributed by atoms with Crippen molar-refractivity contribution in [1.82, 2.24) is 4.90 Å². The second kappa shape index (κ2) is 9.84. The van der Waals surface area contributed by atoms with Gasteiger partial charge in [0.15, 0.2) is 0 Å². The highest BCUT2D eigenvalue weighted by atomic mass is 35.5. The minimum absolute atomic E-state index is 0.123. The van der Waals surface area contributed by atoms with Crippen molar-refractivity contribution < 1.29 is 17.9 Å². The molecule has 10 heteroatoms. The average Bonchev–Trinajstić information content (AvgIpc) is 3.23. The van der Waals surface area contributed by atoms with E-state index in [0.717, 1.165) is 16.7 Å². The molecule has 3 N–H and O–H groups in total. The number of sulfonamides is 1. The number of nitrogens with zero attached hydrogens (tertiary/aromatic N) is 1. The standard InChI is InChI=1S/C24H23Cl2N3O4S/c1-33-20-6-8-21(9-7-20)34(31,32)28-19-5-3-16-13-29(14-17(16)10-19)24(30)23(27)11-15-2-4-18(25)12-22(15)26/h2-10,12,23,28H,11,13-14,27H2,1H3. The lowest BCUT2D eigenvalue weighted by Crippen LogP contribution is -2.42. The molecule has 1 unspecified atom stereocenters. The highest BCUT2D eigenvalue weighted by molar-refractivity contribution is 7.92. The summed E-state index contributed by atoms with van der Waals surface area (Å²) in [5.74, 6) is 0.361. The second-order valence-corrected chi connectivity index (χ2v) is 10.5. The van der Waals surface area contributed by atoms with E-state index in [9.17, 15) is 13.2 Å². The van der Waals surface area contributed by atoms with Gasteiger partial charge in [-0.05, 0) is 71.6 Å². The molecular weight excluding hydrogens is 497 g/mol. The molecule has 1 aliphatic rings. The molecule has 4 rings (SSSR count). The van der Waals surface area contributed by atoms with Gasteiger partial charge in [-0.2, -0.15) is 0 Å². The topological polar surface area (TPSA) is 102 Å². The van der Waals surface area contributed by atoms with E-state index in [2.05, 4.69) is 4.72 Å². The Kier molecular flexibility index (Phi) is 7.04. The Hall–Kier alpha value is -2.78. The van der Waals surface area contributed by atoms with E-state index in [1.807, 2.05) is 6.07 Å². The maximum Gasteiger partial charge on any atom is 0.261 e. The highest BCUT2D eigenvalue weighted by Gasteiger charge is 2.28. The first-order chi connectivity index (χ1) is 16.2. The molecule has 0 radical (unpaired) electrons. The van der Waals surface area contributed by atoms with E-state index in [0.29, 0.717) is 34.6 Å². The van der Waals surface area contributed by atoms with Crippen molar-refractivity contribution >= 4 is 44.8 Å². The molecule has 0 saturated heterocycles. The average molecular weight is 520 g/mol. The van der Waals surface area contributed by atoms with E-state index in [1.165, 1.54) is 19.2 Å². The number of methoxy groups -OCH3 is 1. The monoisotopic (exact) mass is 519 g/mol. The molecule has 1 heterocycles. The predicted molar refractivity (Wildman–Crippen MR) is 133 cm³/mol. The summed E-state index contributed by atoms with van der Waals surface area (Å²) >= 11 is 12.1. The Morgan fingerprint density at radius 1 is 1.06 bits per heavy atom. The van der Waals surface area contributed by atoms with Gasteiger partial charge in [0.05, 0.1) is 18.0 Å². The lowest BCUT2D eigenvalue weighted by Gasteiger charge is -2.20. The van der Waals surface area contributed by atoms with Crippen LogP contribution in [0.25, 0.3) is 0 Å². The molecule has 0 bridgehead atoms. The molecule has 7 nitrogen and oxygen atoms in total. The maximum absolute atomic E-state index is 13.0. The van der Waals surface area contributed by atoms with Gasteiger partial charge in [-0.25, -0.2) is 8.42 Å². The summed E-state index contributed by atoms with van der Waals surface area (Å²) in [7, 11) is -2.25. The zero-order valence-corrected chi connectivity index (χ0v) is 20.6. The van der Waals surface area contributed by atoms with Crippen LogP contribution in [-0.2, 0) is 34.3 Å². The molecule has 1 aliphatic heterocycles. The Labute approximate surface area is 208 Å². The number of amides is 1. The summed E-state index contributed by atoms with van der Waals surface area (Å²) in [6, 6.07) is 15.7. The summed E-state index contributed by atoms with van der Waals surface area (Å²) in [6.07, 6.45) is 0.286. The van der Waals surface area contributed by atoms with Crippen molar-refractivity contribution in [3.8, 4) is 5.75 Å². The van der Waals surface area contributed by atoms with E-state index in [-0.39, 0.29) is 17.2 Å². The molecule has 0 fully saturated rings. The van der Waals surface area contributed by atoms with Gasteiger partial charge in [-0.1, -0.05) is 35.3 Å². The van der Waals surface area contributed by atoms with Crippen LogP contribution < -0.4 is 15.2 Å². The summed E-state index contributed by atoms with van der Waals surface area (Å²) < 4.78 is 33.1. The predicted octanol–water partition coefficient (Wildman–Crippen LogP) is 4.22. The van der Waals surface area contributed by atoms with Crippen molar-refractivity contribution in [2.24, 2.45) is 5.73 Å². The van der Waals surface area contributed by atoms with Gasteiger partial charge in [0, 0.05) is 28.8 Å². The SMILES string of the molecule is COc1ccc(S(=O)(=O)Nc2ccc3c(c2)CN(C(=O)C(N)Cc2ccc(Cl)cc2Cl)C3)cc1. The van der Waals surface area contributed by atoms with Crippen molar-refractivity contribution in [2.45, 2.75) is 30.4 Å². The van der Waals surface area contributed by atoms with Crippen molar-refractivity contribution in [3.63, 3.8) is 0 Å². The Morgan fingerprint density at radius 2 is 1.76 bits per heavy atom. The maximum atomic E-state index is 13.0. The number of rotatable bonds is 7. The van der Waals surface area contributed by atoms with E-state index < -0.39 is 16.1 Å². The molecule has 0 spiro atoms. The molecule has 3 aromatic carbocycles. The van der Waals surface area contributed by atoms with Crippen LogP contribution in [0.5, 0.6) is 5.75 Å². The number of carbonyl (C=O) groups is 1. The largest absolute Gasteiger partial charge is 0.497 e. The van der Waals surface area contributed by atoms with Gasteiger partial charge in [-0.15, -0.1) is 0 Å². The fraction of sp³-hybridized carbons (Fsp3) is 0.208. The quantitative estimate of drug-likeness (QED) is 0.486. The summed E-state index contributed by atoms with van der Waals surface area (Å²) in [6.45, 7) is 0.746. The molecule has 178 valence electrons. The van der Waals surface area contributed by atoms with Crippen LogP contribution in [0.1, 0.15) is 16.7 Å². The molecule has 1 atom stereocenters. The van der Waals surface area contributed by atoms with Crippen LogP contribution in [0.2, 0.25) is 10.0 Å². The van der Waals surface area contributed by atoms with Gasteiger partial charge < -0.3 is 15.4 Å². The first-order valence-electron chi connectivity index (χ1n) is 10.4. The Balaban J connectivity index is 1.43. The first-order valence-corrected chi connectivity index (χ1v) is 12.7. The minimum Gasteiger partial charge on any atom is -0.497 e. The molecule has 0 aromatic heterocycles. The number of ether oxygens (including phenoxy) is 1. The van der Waals surface area contributed by atoms with Gasteiger partial charge in [0.1, 0.15) is 5.75 Å². The number of carbonyl (C=O) groups excluding carboxylic acids is 1. The number of hydrogen-bond donors (Lipinski definition) is 2. The van der Waals surface area contributed by atoms with Gasteiger partial charge in [0.25, 0.3) is 10.0 Å². The van der Waals surface area contributed by atoms with Crippen molar-refractivity contribution in [3.05, 3.63) is 87.4 Å². The zero-order valence-electron chi connectivity index (χ0n) is 18.3. The van der Waals surface area contributed by atoms with Crippen molar-refractivity contribution in [1.29, 1.82) is 0 Å². The van der Waals surface area contributed by atoms with Crippen LogP contribution in [0.15, 0.2) is 65.6 Å². The third kappa shape index (κ3) is 5.31. The van der Waals surface area contributed by atoms with Crippen LogP contribution in [0.3, 0.4) is 0 Å². The number of benzene rings is 3. The summed E-state index contributed by atoms with van der Waals surface area (Å²) in [5, 5.41) is 0.983. The van der Waals surface area contributed by atoms with Gasteiger partial charge in [0.2, 0.25) is 5.91 Å². The van der Waals surface area contributed by atoms with E-state index >= 15 is 0 Å².